The van der Waals surface area contributed by atoms with Crippen LogP contribution in [-0.4, -0.2) is 40.5 Å². The average Bonchev–Trinajstić information content (AvgIpc) is 3.09. The van der Waals surface area contributed by atoms with E-state index >= 15 is 0 Å². The van der Waals surface area contributed by atoms with Gasteiger partial charge in [-0.3, -0.25) is 0 Å². The Kier molecular flexibility index (Phi) is 2.96. The molecule has 152 valence electrons. The molecule has 0 radical (unpaired) electrons. The Morgan fingerprint density at radius 1 is 1.23 bits per heavy atom. The van der Waals surface area contributed by atoms with Gasteiger partial charge in [-0.1, -0.05) is 18.2 Å². The number of ether oxygens (including phenoxy) is 2. The molecule has 1 fully saturated rings. The second-order valence-corrected chi connectivity index (χ2v) is 9.01. The second kappa shape index (κ2) is 5.25. The van der Waals surface area contributed by atoms with Gasteiger partial charge in [-0.25, -0.2) is 4.98 Å². The number of aromatic nitrogens is 1. The molecule has 6 heteroatoms. The zero-order valence-corrected chi connectivity index (χ0v) is 16.6. The minimum absolute atomic E-state index is 0.0929. The Labute approximate surface area is 173 Å². The third-order valence-electron chi connectivity index (χ3n) is 7.91. The molecule has 3 aromatic rings. The fraction of sp³-hybridized carbons (Fsp3) is 0.375. The van der Waals surface area contributed by atoms with E-state index in [1.807, 2.05) is 30.3 Å². The van der Waals surface area contributed by atoms with Crippen LogP contribution in [0.3, 0.4) is 0 Å². The van der Waals surface area contributed by atoms with Crippen LogP contribution in [0.2, 0.25) is 0 Å². The molecule has 1 saturated heterocycles. The van der Waals surface area contributed by atoms with Gasteiger partial charge in [0.25, 0.3) is 0 Å². The Morgan fingerprint density at radius 2 is 2.10 bits per heavy atom. The van der Waals surface area contributed by atoms with Gasteiger partial charge in [-0.15, -0.1) is 0 Å². The highest BCUT2D eigenvalue weighted by Gasteiger charge is 2.71. The molecule has 1 spiro atoms. The molecule has 1 aromatic heterocycles. The predicted octanol–water partition coefficient (Wildman–Crippen LogP) is 2.53. The minimum Gasteiger partial charge on any atom is -0.504 e. The number of piperidine rings is 1. The van der Waals surface area contributed by atoms with E-state index < -0.39 is 17.1 Å². The van der Waals surface area contributed by atoms with Crippen LogP contribution < -0.4 is 14.8 Å². The summed E-state index contributed by atoms with van der Waals surface area (Å²) >= 11 is 0. The number of hydrogen-bond acceptors (Lipinski definition) is 6. The maximum Gasteiger partial charge on any atom is 0.166 e. The summed E-state index contributed by atoms with van der Waals surface area (Å²) in [7, 11) is 1.67. The van der Waals surface area contributed by atoms with Crippen LogP contribution in [0.15, 0.2) is 36.4 Å². The average molecular weight is 402 g/mol. The number of nitrogens with one attached hydrogen (secondary N) is 1. The van der Waals surface area contributed by atoms with E-state index in [1.54, 1.807) is 13.2 Å². The lowest BCUT2D eigenvalue weighted by Gasteiger charge is -2.60. The van der Waals surface area contributed by atoms with Gasteiger partial charge in [0.2, 0.25) is 0 Å². The summed E-state index contributed by atoms with van der Waals surface area (Å²) in [5.74, 6) is 1.40. The number of fused-ring (bicyclic) bond motifs is 3. The van der Waals surface area contributed by atoms with Crippen molar-refractivity contribution >= 4 is 10.9 Å². The molecule has 4 aliphatic rings. The lowest BCUT2D eigenvalue weighted by Crippen LogP contribution is -2.74. The highest BCUT2D eigenvalue weighted by atomic mass is 16.5. The van der Waals surface area contributed by atoms with Gasteiger partial charge in [0.1, 0.15) is 5.75 Å². The number of benzene rings is 2. The molecule has 7 rings (SSSR count). The van der Waals surface area contributed by atoms with Crippen LogP contribution >= 0.6 is 0 Å². The van der Waals surface area contributed by atoms with Gasteiger partial charge in [-0.2, -0.15) is 0 Å². The van der Waals surface area contributed by atoms with E-state index in [2.05, 4.69) is 5.32 Å². The monoisotopic (exact) mass is 402 g/mol. The molecular formula is C24H22N2O4. The molecule has 0 saturated carbocycles. The lowest BCUT2D eigenvalue weighted by atomic mass is 9.49. The summed E-state index contributed by atoms with van der Waals surface area (Å²) in [5, 5.41) is 27.5. The molecule has 3 N–H and O–H groups in total. The van der Waals surface area contributed by atoms with Crippen molar-refractivity contribution in [1.82, 2.24) is 10.3 Å². The van der Waals surface area contributed by atoms with Crippen molar-refractivity contribution in [1.29, 1.82) is 0 Å². The first-order valence-electron chi connectivity index (χ1n) is 10.5. The number of aliphatic hydroxyl groups is 1. The van der Waals surface area contributed by atoms with Crippen molar-refractivity contribution in [2.24, 2.45) is 0 Å². The van der Waals surface area contributed by atoms with Crippen molar-refractivity contribution in [2.45, 2.75) is 42.4 Å². The van der Waals surface area contributed by atoms with Gasteiger partial charge in [0, 0.05) is 29.0 Å². The molecule has 6 nitrogen and oxygen atoms in total. The van der Waals surface area contributed by atoms with Crippen molar-refractivity contribution in [3.05, 3.63) is 58.8 Å². The zero-order valence-electron chi connectivity index (χ0n) is 16.6. The minimum atomic E-state index is -1.05. The summed E-state index contributed by atoms with van der Waals surface area (Å²) in [6.45, 7) is 0.793. The summed E-state index contributed by atoms with van der Waals surface area (Å²) in [4.78, 5) is 5.02. The van der Waals surface area contributed by atoms with E-state index in [0.717, 1.165) is 52.0 Å². The van der Waals surface area contributed by atoms with Crippen molar-refractivity contribution in [3.8, 4) is 17.2 Å². The first kappa shape index (κ1) is 16.9. The topological polar surface area (TPSA) is 83.8 Å². The highest BCUT2D eigenvalue weighted by molar-refractivity contribution is 5.87. The van der Waals surface area contributed by atoms with Crippen LogP contribution in [0, 0.1) is 0 Å². The Morgan fingerprint density at radius 3 is 2.97 bits per heavy atom. The molecular weight excluding hydrogens is 380 g/mol. The fourth-order valence-corrected chi connectivity index (χ4v) is 6.74. The van der Waals surface area contributed by atoms with Crippen LogP contribution in [0.1, 0.15) is 34.9 Å². The number of hydrogen-bond donors (Lipinski definition) is 3. The molecule has 2 unspecified atom stereocenters. The molecule has 0 amide bonds. The molecule has 3 heterocycles. The smallest absolute Gasteiger partial charge is 0.166 e. The fourth-order valence-electron chi connectivity index (χ4n) is 6.74. The van der Waals surface area contributed by atoms with Crippen molar-refractivity contribution < 1.29 is 19.7 Å². The summed E-state index contributed by atoms with van der Waals surface area (Å²) < 4.78 is 12.4. The third-order valence-corrected chi connectivity index (χ3v) is 7.91. The van der Waals surface area contributed by atoms with E-state index in [1.165, 1.54) is 0 Å². The maximum atomic E-state index is 12.3. The van der Waals surface area contributed by atoms with Crippen LogP contribution in [-0.2, 0) is 18.3 Å². The van der Waals surface area contributed by atoms with Crippen LogP contribution in [0.5, 0.6) is 17.2 Å². The largest absolute Gasteiger partial charge is 0.504 e. The summed E-state index contributed by atoms with van der Waals surface area (Å²) in [6, 6.07) is 11.5. The van der Waals surface area contributed by atoms with Gasteiger partial charge < -0.3 is 25.0 Å². The lowest BCUT2D eigenvalue weighted by molar-refractivity contribution is -0.135. The normalized spacial score (nSPS) is 32.3. The highest BCUT2D eigenvalue weighted by Crippen LogP contribution is 2.68. The number of phenols is 1. The van der Waals surface area contributed by atoms with Crippen LogP contribution in [0.25, 0.3) is 10.9 Å². The quantitative estimate of drug-likeness (QED) is 0.580. The number of rotatable bonds is 1. The zero-order chi connectivity index (χ0) is 20.3. The van der Waals surface area contributed by atoms with E-state index in [4.69, 9.17) is 14.5 Å². The van der Waals surface area contributed by atoms with Crippen molar-refractivity contribution in [2.75, 3.05) is 13.7 Å². The Bertz CT molecular complexity index is 1260. The third kappa shape index (κ3) is 1.66. The number of para-hydroxylation sites is 1. The van der Waals surface area contributed by atoms with E-state index in [9.17, 15) is 10.2 Å². The number of pyridine rings is 1. The number of phenolic OH excluding ortho intramolecular Hbond substituents is 1. The van der Waals surface area contributed by atoms with E-state index in [0.29, 0.717) is 18.6 Å². The van der Waals surface area contributed by atoms with Gasteiger partial charge in [0.15, 0.2) is 17.6 Å². The molecule has 2 bridgehead atoms. The number of nitrogens with zero attached hydrogens (tertiary/aromatic N) is 1. The second-order valence-electron chi connectivity index (χ2n) is 9.01. The SMILES string of the molecule is COc1c2c(nc3ccccc13)C1Oc3c(O)ccc4c3[C@@]13CCN[C@H](C4)C3(O)C2. The van der Waals surface area contributed by atoms with Crippen LogP contribution in [0.4, 0.5) is 0 Å². The van der Waals surface area contributed by atoms with Gasteiger partial charge in [0.05, 0.1) is 29.3 Å². The Balaban J connectivity index is 1.61. The number of aromatic hydroxyl groups is 1. The van der Waals surface area contributed by atoms with Crippen molar-refractivity contribution in [3.63, 3.8) is 0 Å². The molecule has 30 heavy (non-hydrogen) atoms. The maximum absolute atomic E-state index is 12.3. The van der Waals surface area contributed by atoms with Gasteiger partial charge in [-0.05, 0) is 43.1 Å². The molecule has 4 atom stereocenters. The predicted molar refractivity (Wildman–Crippen MR) is 110 cm³/mol. The molecule has 2 aromatic carbocycles. The Hall–Kier alpha value is -2.83. The van der Waals surface area contributed by atoms with Gasteiger partial charge >= 0.3 is 0 Å². The number of methoxy groups -OCH3 is 1. The first-order chi connectivity index (χ1) is 14.6. The molecule has 2 aliphatic carbocycles. The summed E-state index contributed by atoms with van der Waals surface area (Å²) in [6.07, 6.45) is 1.41. The standard InChI is InChI=1S/C24H22N2O4/c1-29-20-13-4-2-3-5-15(13)26-19-14(20)11-24(28)17-10-12-6-7-16(27)21-18(12)23(24,8-9-25-17)22(19)30-21/h2-7,17,22,25,27-28H,8-11H2,1H3/t17-,22?,23+,24?/m1/s1. The molecule has 2 aliphatic heterocycles. The van der Waals surface area contributed by atoms with E-state index in [-0.39, 0.29) is 11.8 Å². The summed E-state index contributed by atoms with van der Waals surface area (Å²) in [5.41, 5.74) is 3.02. The first-order valence-corrected chi connectivity index (χ1v) is 10.5.